The van der Waals surface area contributed by atoms with Gasteiger partial charge in [0.1, 0.15) is 4.21 Å². The normalized spacial score (nSPS) is 19.1. The molecule has 0 radical (unpaired) electrons. The number of thiophene rings is 1. The molecule has 84 valence electrons. The minimum absolute atomic E-state index is 0.0670. The van der Waals surface area contributed by atoms with E-state index in [0.29, 0.717) is 10.1 Å². The third-order valence-corrected chi connectivity index (χ3v) is 5.70. The zero-order valence-electron chi connectivity index (χ0n) is 8.86. The summed E-state index contributed by atoms with van der Waals surface area (Å²) in [6.45, 7) is 3.85. The average Bonchev–Trinajstić information content (AvgIpc) is 2.88. The lowest BCUT2D eigenvalue weighted by molar-refractivity contribution is 0.539. The quantitative estimate of drug-likeness (QED) is 0.883. The van der Waals surface area contributed by atoms with Crippen LogP contribution < -0.4 is 4.72 Å². The molecule has 0 saturated heterocycles. The fourth-order valence-corrected chi connectivity index (χ4v) is 4.16. The van der Waals surface area contributed by atoms with Crippen LogP contribution in [0.1, 0.15) is 24.6 Å². The Morgan fingerprint density at radius 2 is 2.13 bits per heavy atom. The molecule has 5 heteroatoms. The van der Waals surface area contributed by atoms with Crippen LogP contribution in [0.5, 0.6) is 0 Å². The maximum absolute atomic E-state index is 11.9. The van der Waals surface area contributed by atoms with Crippen LogP contribution in [0.25, 0.3) is 0 Å². The van der Waals surface area contributed by atoms with Crippen molar-refractivity contribution in [3.63, 3.8) is 0 Å². The molecule has 1 unspecified atom stereocenters. The van der Waals surface area contributed by atoms with E-state index < -0.39 is 10.0 Å². The topological polar surface area (TPSA) is 46.2 Å². The molecule has 1 heterocycles. The molecule has 1 fully saturated rings. The number of nitrogens with one attached hydrogen (secondary N) is 1. The SMILES string of the molecule is Cc1ccc(S(=O)(=O)NC(C)C2CC2)s1. The van der Waals surface area contributed by atoms with Gasteiger partial charge in [0.2, 0.25) is 10.0 Å². The van der Waals surface area contributed by atoms with Crippen LogP contribution in [0.15, 0.2) is 16.3 Å². The second-order valence-electron chi connectivity index (χ2n) is 4.11. The third-order valence-electron chi connectivity index (χ3n) is 2.65. The summed E-state index contributed by atoms with van der Waals surface area (Å²) in [6, 6.07) is 3.57. The van der Waals surface area contributed by atoms with Crippen LogP contribution in [0.2, 0.25) is 0 Å². The van der Waals surface area contributed by atoms with Gasteiger partial charge in [-0.15, -0.1) is 11.3 Å². The fourth-order valence-electron chi connectivity index (χ4n) is 1.55. The van der Waals surface area contributed by atoms with Crippen LogP contribution in [-0.4, -0.2) is 14.5 Å². The molecule has 0 spiro atoms. The predicted octanol–water partition coefficient (Wildman–Crippen LogP) is 2.13. The van der Waals surface area contributed by atoms with Crippen molar-refractivity contribution in [3.8, 4) is 0 Å². The van der Waals surface area contributed by atoms with Gasteiger partial charge < -0.3 is 0 Å². The molecule has 1 atom stereocenters. The molecule has 0 aromatic carbocycles. The second kappa shape index (κ2) is 3.88. The Morgan fingerprint density at radius 1 is 1.47 bits per heavy atom. The van der Waals surface area contributed by atoms with Gasteiger partial charge in [-0.05, 0) is 44.7 Å². The van der Waals surface area contributed by atoms with E-state index in [2.05, 4.69) is 4.72 Å². The van der Waals surface area contributed by atoms with E-state index in [1.807, 2.05) is 19.9 Å². The van der Waals surface area contributed by atoms with E-state index >= 15 is 0 Å². The summed E-state index contributed by atoms with van der Waals surface area (Å²) >= 11 is 1.32. The van der Waals surface area contributed by atoms with Crippen molar-refractivity contribution in [3.05, 3.63) is 17.0 Å². The highest BCUT2D eigenvalue weighted by Gasteiger charge is 2.31. The highest BCUT2D eigenvalue weighted by Crippen LogP contribution is 2.33. The lowest BCUT2D eigenvalue weighted by Crippen LogP contribution is -2.33. The van der Waals surface area contributed by atoms with Gasteiger partial charge in [0.05, 0.1) is 0 Å². The number of hydrogen-bond donors (Lipinski definition) is 1. The van der Waals surface area contributed by atoms with Gasteiger partial charge in [-0.2, -0.15) is 0 Å². The Kier molecular flexibility index (Phi) is 2.87. The van der Waals surface area contributed by atoms with Crippen molar-refractivity contribution in [2.45, 2.75) is 36.9 Å². The van der Waals surface area contributed by atoms with Crippen molar-refractivity contribution >= 4 is 21.4 Å². The number of aryl methyl sites for hydroxylation is 1. The summed E-state index contributed by atoms with van der Waals surface area (Å²) < 4.78 is 26.9. The van der Waals surface area contributed by atoms with Crippen molar-refractivity contribution in [1.82, 2.24) is 4.72 Å². The summed E-state index contributed by atoms with van der Waals surface area (Å²) in [5, 5.41) is 0. The van der Waals surface area contributed by atoms with Crippen molar-refractivity contribution in [2.75, 3.05) is 0 Å². The molecule has 1 aromatic rings. The smallest absolute Gasteiger partial charge is 0.207 e. The fraction of sp³-hybridized carbons (Fsp3) is 0.600. The summed E-state index contributed by atoms with van der Waals surface area (Å²) in [4.78, 5) is 1.02. The van der Waals surface area contributed by atoms with Gasteiger partial charge in [0.15, 0.2) is 0 Å². The Morgan fingerprint density at radius 3 is 2.60 bits per heavy atom. The Balaban J connectivity index is 2.12. The molecular formula is C10H15NO2S2. The van der Waals surface area contributed by atoms with Gasteiger partial charge in [0, 0.05) is 10.9 Å². The Bertz CT molecular complexity index is 446. The summed E-state index contributed by atoms with van der Waals surface area (Å²) in [5.41, 5.74) is 0. The van der Waals surface area contributed by atoms with Crippen molar-refractivity contribution in [1.29, 1.82) is 0 Å². The minimum Gasteiger partial charge on any atom is -0.207 e. The highest BCUT2D eigenvalue weighted by atomic mass is 32.2. The second-order valence-corrected chi connectivity index (χ2v) is 7.34. The van der Waals surface area contributed by atoms with Crippen LogP contribution in [-0.2, 0) is 10.0 Å². The van der Waals surface area contributed by atoms with Crippen molar-refractivity contribution in [2.24, 2.45) is 5.92 Å². The van der Waals surface area contributed by atoms with E-state index in [-0.39, 0.29) is 6.04 Å². The molecule has 1 saturated carbocycles. The zero-order valence-corrected chi connectivity index (χ0v) is 10.5. The molecule has 0 aliphatic heterocycles. The maximum atomic E-state index is 11.9. The van der Waals surface area contributed by atoms with Crippen LogP contribution in [0.4, 0.5) is 0 Å². The Hall–Kier alpha value is -0.390. The minimum atomic E-state index is -3.28. The molecule has 1 N–H and O–H groups in total. The lowest BCUT2D eigenvalue weighted by Gasteiger charge is -2.11. The molecule has 1 aliphatic rings. The lowest BCUT2D eigenvalue weighted by atomic mass is 10.2. The number of rotatable bonds is 4. The third kappa shape index (κ3) is 2.59. The van der Waals surface area contributed by atoms with Gasteiger partial charge in [-0.3, -0.25) is 0 Å². The van der Waals surface area contributed by atoms with Gasteiger partial charge in [-0.1, -0.05) is 0 Å². The molecular weight excluding hydrogens is 230 g/mol. The van der Waals surface area contributed by atoms with Crippen LogP contribution in [0, 0.1) is 12.8 Å². The average molecular weight is 245 g/mol. The molecule has 0 bridgehead atoms. The van der Waals surface area contributed by atoms with Crippen LogP contribution >= 0.6 is 11.3 Å². The zero-order chi connectivity index (χ0) is 11.1. The Labute approximate surface area is 94.6 Å². The largest absolute Gasteiger partial charge is 0.250 e. The molecule has 1 aliphatic carbocycles. The molecule has 1 aromatic heterocycles. The van der Waals surface area contributed by atoms with E-state index in [1.165, 1.54) is 11.3 Å². The van der Waals surface area contributed by atoms with Gasteiger partial charge >= 0.3 is 0 Å². The summed E-state index contributed by atoms with van der Waals surface area (Å²) in [6.07, 6.45) is 2.29. The first-order valence-electron chi connectivity index (χ1n) is 5.08. The maximum Gasteiger partial charge on any atom is 0.250 e. The van der Waals surface area contributed by atoms with E-state index in [4.69, 9.17) is 0 Å². The standard InChI is InChI=1S/C10H15NO2S2/c1-7-3-6-10(14-7)15(12,13)11-8(2)9-4-5-9/h3,6,8-9,11H,4-5H2,1-2H3. The monoisotopic (exact) mass is 245 g/mol. The predicted molar refractivity (Wildman–Crippen MR) is 61.6 cm³/mol. The van der Waals surface area contributed by atoms with Gasteiger partial charge in [-0.25, -0.2) is 13.1 Å². The van der Waals surface area contributed by atoms with E-state index in [0.717, 1.165) is 17.7 Å². The van der Waals surface area contributed by atoms with Crippen LogP contribution in [0.3, 0.4) is 0 Å². The summed E-state index contributed by atoms with van der Waals surface area (Å²) in [5.74, 6) is 0.542. The number of hydrogen-bond acceptors (Lipinski definition) is 3. The van der Waals surface area contributed by atoms with Crippen molar-refractivity contribution < 1.29 is 8.42 Å². The highest BCUT2D eigenvalue weighted by molar-refractivity contribution is 7.91. The number of sulfonamides is 1. The van der Waals surface area contributed by atoms with E-state index in [9.17, 15) is 8.42 Å². The summed E-state index contributed by atoms with van der Waals surface area (Å²) in [7, 11) is -3.28. The first-order valence-corrected chi connectivity index (χ1v) is 7.38. The first-order chi connectivity index (χ1) is 6.99. The molecule has 0 amide bonds. The molecule has 2 rings (SSSR count). The molecule has 15 heavy (non-hydrogen) atoms. The van der Waals surface area contributed by atoms with E-state index in [1.54, 1.807) is 6.07 Å². The molecule has 3 nitrogen and oxygen atoms in total. The first kappa shape index (κ1) is 11.1. The van der Waals surface area contributed by atoms with Gasteiger partial charge in [0.25, 0.3) is 0 Å².